The van der Waals surface area contributed by atoms with Crippen molar-refractivity contribution < 1.29 is 9.53 Å². The van der Waals surface area contributed by atoms with Gasteiger partial charge in [0.05, 0.1) is 0 Å². The number of hydrogen-bond donors (Lipinski definition) is 1. The highest BCUT2D eigenvalue weighted by atomic mass is 35.5. The molecule has 0 aliphatic heterocycles. The van der Waals surface area contributed by atoms with Gasteiger partial charge in [-0.1, -0.05) is 35.9 Å². The van der Waals surface area contributed by atoms with Gasteiger partial charge in [-0.15, -0.1) is 0 Å². The number of ether oxygens (including phenoxy) is 1. The van der Waals surface area contributed by atoms with E-state index in [2.05, 4.69) is 11.4 Å². The van der Waals surface area contributed by atoms with E-state index in [1.165, 1.54) is 5.56 Å². The summed E-state index contributed by atoms with van der Waals surface area (Å²) in [4.78, 5) is 11.8. The molecule has 1 N–H and O–H groups in total. The first-order valence-electron chi connectivity index (χ1n) is 7.83. The molecule has 0 spiro atoms. The van der Waals surface area contributed by atoms with E-state index in [-0.39, 0.29) is 12.5 Å². The maximum absolute atomic E-state index is 11.8. The normalized spacial score (nSPS) is 10.5. The van der Waals surface area contributed by atoms with Crippen LogP contribution in [0.1, 0.15) is 16.7 Å². The van der Waals surface area contributed by atoms with Crippen LogP contribution in [0.5, 0.6) is 5.75 Å². The Bertz CT molecular complexity index is 691. The molecule has 0 saturated carbocycles. The Morgan fingerprint density at radius 1 is 1.21 bits per heavy atom. The van der Waals surface area contributed by atoms with Crippen LogP contribution in [0.4, 0.5) is 0 Å². The number of amides is 1. The molecule has 0 fully saturated rings. The summed E-state index contributed by atoms with van der Waals surface area (Å²) in [7, 11) is 0. The van der Waals surface area contributed by atoms with Crippen LogP contribution in [-0.4, -0.2) is 24.8 Å². The topological polar surface area (TPSA) is 38.3 Å². The molecular weight excluding hydrogens is 342 g/mol. The fourth-order valence-corrected chi connectivity index (χ4v) is 3.16. The van der Waals surface area contributed by atoms with Gasteiger partial charge in [-0.05, 0) is 48.7 Å². The summed E-state index contributed by atoms with van der Waals surface area (Å²) in [5.74, 6) is 2.40. The average Bonchev–Trinajstić information content (AvgIpc) is 2.55. The molecule has 0 aromatic heterocycles. The third kappa shape index (κ3) is 6.46. The van der Waals surface area contributed by atoms with Crippen LogP contribution >= 0.6 is 23.4 Å². The highest BCUT2D eigenvalue weighted by molar-refractivity contribution is 7.98. The molecule has 24 heavy (non-hydrogen) atoms. The van der Waals surface area contributed by atoms with Gasteiger partial charge in [0.15, 0.2) is 6.61 Å². The molecule has 0 saturated heterocycles. The average molecular weight is 364 g/mol. The van der Waals surface area contributed by atoms with Gasteiger partial charge in [0, 0.05) is 23.1 Å². The van der Waals surface area contributed by atoms with Crippen molar-refractivity contribution in [2.24, 2.45) is 0 Å². The molecule has 128 valence electrons. The van der Waals surface area contributed by atoms with Crippen molar-refractivity contribution in [1.29, 1.82) is 0 Å². The zero-order chi connectivity index (χ0) is 17.4. The van der Waals surface area contributed by atoms with E-state index in [9.17, 15) is 4.79 Å². The number of thioether (sulfide) groups is 1. The largest absolute Gasteiger partial charge is 0.483 e. The zero-order valence-corrected chi connectivity index (χ0v) is 15.5. The number of halogens is 1. The minimum Gasteiger partial charge on any atom is -0.483 e. The molecular formula is C19H22ClNO2S. The summed E-state index contributed by atoms with van der Waals surface area (Å²) in [5.41, 5.74) is 3.34. The summed E-state index contributed by atoms with van der Waals surface area (Å²) in [5, 5.41) is 3.63. The minimum absolute atomic E-state index is 0.0449. The lowest BCUT2D eigenvalue weighted by molar-refractivity contribution is -0.122. The molecule has 0 atom stereocenters. The summed E-state index contributed by atoms with van der Waals surface area (Å²) >= 11 is 7.71. The Morgan fingerprint density at radius 3 is 2.83 bits per heavy atom. The standard InChI is InChI=1S/C19H22ClNO2S/c1-14-6-7-15(2)18(10-14)23-12-19(22)21-8-9-24-13-16-4-3-5-17(20)11-16/h3-7,10-11H,8-9,12-13H2,1-2H3,(H,21,22). The van der Waals surface area contributed by atoms with Crippen molar-refractivity contribution in [2.45, 2.75) is 19.6 Å². The molecule has 0 radical (unpaired) electrons. The second-order valence-electron chi connectivity index (χ2n) is 5.59. The van der Waals surface area contributed by atoms with Crippen molar-refractivity contribution in [1.82, 2.24) is 5.32 Å². The lowest BCUT2D eigenvalue weighted by Gasteiger charge is -2.10. The second kappa shape index (κ2) is 9.60. The Labute approximate surface area is 152 Å². The van der Waals surface area contributed by atoms with Gasteiger partial charge >= 0.3 is 0 Å². The molecule has 0 bridgehead atoms. The first kappa shape index (κ1) is 18.7. The maximum Gasteiger partial charge on any atom is 0.257 e. The molecule has 0 heterocycles. The molecule has 2 aromatic carbocycles. The van der Waals surface area contributed by atoms with Crippen LogP contribution in [-0.2, 0) is 10.5 Å². The molecule has 2 rings (SSSR count). The highest BCUT2D eigenvalue weighted by Crippen LogP contribution is 2.19. The van der Waals surface area contributed by atoms with Crippen molar-refractivity contribution in [3.63, 3.8) is 0 Å². The van der Waals surface area contributed by atoms with E-state index in [4.69, 9.17) is 16.3 Å². The van der Waals surface area contributed by atoms with E-state index < -0.39 is 0 Å². The van der Waals surface area contributed by atoms with Crippen LogP contribution in [0.3, 0.4) is 0 Å². The minimum atomic E-state index is -0.0979. The van der Waals surface area contributed by atoms with Gasteiger partial charge in [0.1, 0.15) is 5.75 Å². The summed E-state index contributed by atoms with van der Waals surface area (Å²) in [6.07, 6.45) is 0. The number of rotatable bonds is 8. The van der Waals surface area contributed by atoms with Crippen molar-refractivity contribution in [3.05, 3.63) is 64.2 Å². The maximum atomic E-state index is 11.8. The molecule has 0 unspecified atom stereocenters. The van der Waals surface area contributed by atoms with Gasteiger partial charge in [0.25, 0.3) is 5.91 Å². The Kier molecular flexibility index (Phi) is 7.47. The quantitative estimate of drug-likeness (QED) is 0.707. The fraction of sp³-hybridized carbons (Fsp3) is 0.316. The molecule has 3 nitrogen and oxygen atoms in total. The number of aryl methyl sites for hydroxylation is 2. The summed E-state index contributed by atoms with van der Waals surface area (Å²) in [6, 6.07) is 13.8. The number of nitrogens with one attached hydrogen (secondary N) is 1. The van der Waals surface area contributed by atoms with Crippen LogP contribution in [0.25, 0.3) is 0 Å². The summed E-state index contributed by atoms with van der Waals surface area (Å²) < 4.78 is 5.59. The van der Waals surface area contributed by atoms with Crippen LogP contribution in [0.15, 0.2) is 42.5 Å². The molecule has 5 heteroatoms. The lowest BCUT2D eigenvalue weighted by atomic mass is 10.1. The van der Waals surface area contributed by atoms with E-state index >= 15 is 0 Å². The third-order valence-electron chi connectivity index (χ3n) is 3.43. The van der Waals surface area contributed by atoms with Crippen molar-refractivity contribution >= 4 is 29.3 Å². The Balaban J connectivity index is 1.62. The van der Waals surface area contributed by atoms with Gasteiger partial charge in [0.2, 0.25) is 0 Å². The van der Waals surface area contributed by atoms with Gasteiger partial charge in [-0.25, -0.2) is 0 Å². The smallest absolute Gasteiger partial charge is 0.257 e. The fourth-order valence-electron chi connectivity index (χ4n) is 2.14. The number of hydrogen-bond acceptors (Lipinski definition) is 3. The predicted octanol–water partition coefficient (Wildman–Crippen LogP) is 4.39. The molecule has 0 aliphatic rings. The van der Waals surface area contributed by atoms with Crippen LogP contribution in [0.2, 0.25) is 5.02 Å². The van der Waals surface area contributed by atoms with Crippen LogP contribution < -0.4 is 10.1 Å². The Hall–Kier alpha value is -1.65. The monoisotopic (exact) mass is 363 g/mol. The molecule has 2 aromatic rings. The number of carbonyl (C=O) groups excluding carboxylic acids is 1. The molecule has 0 aliphatic carbocycles. The first-order valence-corrected chi connectivity index (χ1v) is 9.37. The van der Waals surface area contributed by atoms with Gasteiger partial charge < -0.3 is 10.1 Å². The SMILES string of the molecule is Cc1ccc(C)c(OCC(=O)NCCSCc2cccc(Cl)c2)c1. The third-order valence-corrected chi connectivity index (χ3v) is 4.69. The van der Waals surface area contributed by atoms with Crippen molar-refractivity contribution in [2.75, 3.05) is 18.9 Å². The van der Waals surface area contributed by atoms with Gasteiger partial charge in [-0.3, -0.25) is 4.79 Å². The van der Waals surface area contributed by atoms with E-state index in [1.54, 1.807) is 11.8 Å². The zero-order valence-electron chi connectivity index (χ0n) is 14.0. The van der Waals surface area contributed by atoms with E-state index in [0.717, 1.165) is 33.4 Å². The summed E-state index contributed by atoms with van der Waals surface area (Å²) in [6.45, 7) is 4.64. The van der Waals surface area contributed by atoms with Crippen molar-refractivity contribution in [3.8, 4) is 5.75 Å². The number of carbonyl (C=O) groups is 1. The predicted molar refractivity (Wildman–Crippen MR) is 102 cm³/mol. The highest BCUT2D eigenvalue weighted by Gasteiger charge is 2.05. The van der Waals surface area contributed by atoms with Crippen LogP contribution in [0, 0.1) is 13.8 Å². The number of benzene rings is 2. The Morgan fingerprint density at radius 2 is 2.04 bits per heavy atom. The van der Waals surface area contributed by atoms with E-state index in [0.29, 0.717) is 6.54 Å². The lowest BCUT2D eigenvalue weighted by Crippen LogP contribution is -2.30. The first-order chi connectivity index (χ1) is 11.5. The van der Waals surface area contributed by atoms with E-state index in [1.807, 2.05) is 50.2 Å². The molecule has 1 amide bonds. The van der Waals surface area contributed by atoms with Gasteiger partial charge in [-0.2, -0.15) is 11.8 Å². The second-order valence-corrected chi connectivity index (χ2v) is 7.13.